The summed E-state index contributed by atoms with van der Waals surface area (Å²) in [6.07, 6.45) is 2.52. The van der Waals surface area contributed by atoms with E-state index in [9.17, 15) is 9.18 Å². The number of benzene rings is 2. The molecule has 178 valence electrons. The third-order valence-electron chi connectivity index (χ3n) is 4.93. The summed E-state index contributed by atoms with van der Waals surface area (Å²) in [5.41, 5.74) is 1.82. The van der Waals surface area contributed by atoms with Crippen LogP contribution < -0.4 is 9.47 Å². The van der Waals surface area contributed by atoms with Crippen molar-refractivity contribution in [2.45, 2.75) is 19.6 Å². The Morgan fingerprint density at radius 3 is 2.61 bits per heavy atom. The van der Waals surface area contributed by atoms with E-state index in [-0.39, 0.29) is 30.7 Å². The Balaban J connectivity index is 0.00000385. The van der Waals surface area contributed by atoms with Crippen molar-refractivity contribution < 1.29 is 18.7 Å². The van der Waals surface area contributed by atoms with Crippen LogP contribution in [-0.2, 0) is 24.4 Å². The van der Waals surface area contributed by atoms with Crippen LogP contribution >= 0.6 is 23.7 Å². The van der Waals surface area contributed by atoms with Crippen molar-refractivity contribution in [2.75, 3.05) is 34.3 Å². The van der Waals surface area contributed by atoms with Gasteiger partial charge in [-0.25, -0.2) is 9.37 Å². The third kappa shape index (κ3) is 8.31. The minimum absolute atomic E-state index is 0. The van der Waals surface area contributed by atoms with E-state index in [0.29, 0.717) is 31.1 Å². The van der Waals surface area contributed by atoms with Crippen molar-refractivity contribution in [3.63, 3.8) is 0 Å². The van der Waals surface area contributed by atoms with Crippen molar-refractivity contribution in [3.05, 3.63) is 76.0 Å². The molecule has 0 unspecified atom stereocenters. The van der Waals surface area contributed by atoms with Crippen LogP contribution in [0.15, 0.2) is 54.0 Å². The number of carbonyl (C=O) groups is 1. The highest BCUT2D eigenvalue weighted by Gasteiger charge is 2.15. The van der Waals surface area contributed by atoms with Gasteiger partial charge in [0.1, 0.15) is 17.4 Å². The van der Waals surface area contributed by atoms with Gasteiger partial charge in [0.25, 0.3) is 0 Å². The number of thiazole rings is 1. The van der Waals surface area contributed by atoms with Crippen molar-refractivity contribution in [3.8, 4) is 11.5 Å². The predicted octanol–water partition coefficient (Wildman–Crippen LogP) is 4.42. The summed E-state index contributed by atoms with van der Waals surface area (Å²) in [6, 6.07) is 12.1. The van der Waals surface area contributed by atoms with Gasteiger partial charge in [0.05, 0.1) is 20.2 Å². The smallest absolute Gasteiger partial charge is 0.236 e. The number of hydrogen-bond acceptors (Lipinski definition) is 6. The van der Waals surface area contributed by atoms with E-state index < -0.39 is 0 Å². The number of aromatic nitrogens is 1. The molecule has 0 aliphatic carbocycles. The van der Waals surface area contributed by atoms with E-state index >= 15 is 0 Å². The van der Waals surface area contributed by atoms with Crippen LogP contribution in [-0.4, -0.2) is 55.0 Å². The summed E-state index contributed by atoms with van der Waals surface area (Å²) in [7, 11) is 5.12. The van der Waals surface area contributed by atoms with Crippen molar-refractivity contribution in [1.29, 1.82) is 0 Å². The van der Waals surface area contributed by atoms with Gasteiger partial charge in [-0.15, -0.1) is 23.7 Å². The highest BCUT2D eigenvalue weighted by molar-refractivity contribution is 7.09. The minimum Gasteiger partial charge on any atom is -0.493 e. The Labute approximate surface area is 204 Å². The fraction of sp³-hybridized carbons (Fsp3) is 0.333. The lowest BCUT2D eigenvalue weighted by Crippen LogP contribution is -2.37. The Morgan fingerprint density at radius 1 is 1.12 bits per heavy atom. The molecule has 9 heteroatoms. The maximum atomic E-state index is 13.4. The van der Waals surface area contributed by atoms with E-state index in [1.165, 1.54) is 12.1 Å². The SMILES string of the molecule is COc1cc(CCN(CC(=O)N(C)C)Cc2nccs2)ccc1OCc1cccc(F)c1.Cl. The number of ether oxygens (including phenoxy) is 2. The zero-order valence-electron chi connectivity index (χ0n) is 19.0. The van der Waals surface area contributed by atoms with E-state index in [1.54, 1.807) is 49.7 Å². The third-order valence-corrected chi connectivity index (χ3v) is 5.69. The number of halogens is 2. The van der Waals surface area contributed by atoms with E-state index in [0.717, 1.165) is 22.6 Å². The van der Waals surface area contributed by atoms with Gasteiger partial charge >= 0.3 is 0 Å². The standard InChI is InChI=1S/C24H28FN3O3S.ClH/c1-27(2)24(29)16-28(15-23-26-10-12-32-23)11-9-18-7-8-21(22(14-18)30-3)31-17-19-5-4-6-20(25)13-19;/h4-8,10,12-14H,9,11,15-17H2,1-3H3;1H. The van der Waals surface area contributed by atoms with Gasteiger partial charge in [0.2, 0.25) is 5.91 Å². The van der Waals surface area contributed by atoms with E-state index in [4.69, 9.17) is 9.47 Å². The second-order valence-electron chi connectivity index (χ2n) is 7.58. The number of rotatable bonds is 11. The molecule has 6 nitrogen and oxygen atoms in total. The molecule has 1 amide bonds. The molecule has 0 atom stereocenters. The number of hydrogen-bond donors (Lipinski definition) is 0. The Kier molecular flexibility index (Phi) is 10.6. The average molecular weight is 494 g/mol. The topological polar surface area (TPSA) is 54.9 Å². The van der Waals surface area contributed by atoms with Crippen LogP contribution in [0.4, 0.5) is 4.39 Å². The summed E-state index contributed by atoms with van der Waals surface area (Å²) in [6.45, 7) is 1.91. The molecule has 3 aromatic rings. The Bertz CT molecular complexity index is 1020. The molecule has 33 heavy (non-hydrogen) atoms. The summed E-state index contributed by atoms with van der Waals surface area (Å²) in [4.78, 5) is 20.3. The van der Waals surface area contributed by atoms with Gasteiger partial charge in [0, 0.05) is 32.2 Å². The van der Waals surface area contributed by atoms with Gasteiger partial charge in [-0.3, -0.25) is 9.69 Å². The van der Waals surface area contributed by atoms with Crippen LogP contribution in [0.25, 0.3) is 0 Å². The van der Waals surface area contributed by atoms with Crippen molar-refractivity contribution in [2.24, 2.45) is 0 Å². The molecule has 0 spiro atoms. The molecular weight excluding hydrogens is 465 g/mol. The monoisotopic (exact) mass is 493 g/mol. The molecule has 0 aliphatic heterocycles. The molecule has 0 N–H and O–H groups in total. The molecule has 2 aromatic carbocycles. The lowest BCUT2D eigenvalue weighted by molar-refractivity contribution is -0.130. The molecule has 0 bridgehead atoms. The minimum atomic E-state index is -0.288. The van der Waals surface area contributed by atoms with Gasteiger partial charge in [-0.1, -0.05) is 18.2 Å². The second-order valence-corrected chi connectivity index (χ2v) is 8.56. The Morgan fingerprint density at radius 2 is 1.94 bits per heavy atom. The lowest BCUT2D eigenvalue weighted by Gasteiger charge is -2.23. The molecule has 1 heterocycles. The van der Waals surface area contributed by atoms with Crippen LogP contribution in [0.3, 0.4) is 0 Å². The van der Waals surface area contributed by atoms with Gasteiger partial charge < -0.3 is 14.4 Å². The van der Waals surface area contributed by atoms with Gasteiger partial charge in [-0.05, 0) is 41.8 Å². The fourth-order valence-electron chi connectivity index (χ4n) is 3.13. The highest BCUT2D eigenvalue weighted by Crippen LogP contribution is 2.29. The first-order valence-corrected chi connectivity index (χ1v) is 11.2. The second kappa shape index (κ2) is 13.1. The number of amides is 1. The van der Waals surface area contributed by atoms with Crippen molar-refractivity contribution >= 4 is 29.7 Å². The molecule has 1 aromatic heterocycles. The van der Waals surface area contributed by atoms with Gasteiger partial charge in [0.15, 0.2) is 11.5 Å². The molecular formula is C24H29ClFN3O3S. The fourth-order valence-corrected chi connectivity index (χ4v) is 3.79. The number of carbonyl (C=O) groups excluding carboxylic acids is 1. The number of likely N-dealkylation sites (N-methyl/N-ethyl adjacent to an activating group) is 1. The summed E-state index contributed by atoms with van der Waals surface area (Å²) >= 11 is 1.58. The summed E-state index contributed by atoms with van der Waals surface area (Å²) in [5, 5.41) is 2.92. The quantitative estimate of drug-likeness (QED) is 0.395. The first-order valence-electron chi connectivity index (χ1n) is 10.3. The van der Waals surface area contributed by atoms with Crippen LogP contribution in [0.5, 0.6) is 11.5 Å². The maximum Gasteiger partial charge on any atom is 0.236 e. The largest absolute Gasteiger partial charge is 0.493 e. The molecule has 0 saturated heterocycles. The highest BCUT2D eigenvalue weighted by atomic mass is 35.5. The van der Waals surface area contributed by atoms with E-state index in [2.05, 4.69) is 9.88 Å². The van der Waals surface area contributed by atoms with Crippen molar-refractivity contribution in [1.82, 2.24) is 14.8 Å². The van der Waals surface area contributed by atoms with Crippen LogP contribution in [0.2, 0.25) is 0 Å². The Hall–Kier alpha value is -2.68. The molecule has 0 fully saturated rings. The van der Waals surface area contributed by atoms with E-state index in [1.807, 2.05) is 29.6 Å². The zero-order chi connectivity index (χ0) is 22.9. The number of methoxy groups -OCH3 is 1. The molecule has 3 rings (SSSR count). The first kappa shape index (κ1) is 26.6. The molecule has 0 radical (unpaired) electrons. The average Bonchev–Trinajstić information content (AvgIpc) is 3.29. The lowest BCUT2D eigenvalue weighted by atomic mass is 10.1. The molecule has 0 saturated carbocycles. The summed E-state index contributed by atoms with van der Waals surface area (Å²) in [5.74, 6) is 0.987. The zero-order valence-corrected chi connectivity index (χ0v) is 20.6. The normalized spacial score (nSPS) is 10.6. The van der Waals surface area contributed by atoms with Gasteiger partial charge in [-0.2, -0.15) is 0 Å². The summed E-state index contributed by atoms with van der Waals surface area (Å²) < 4.78 is 24.7. The molecule has 0 aliphatic rings. The predicted molar refractivity (Wildman–Crippen MR) is 131 cm³/mol. The van der Waals surface area contributed by atoms with Crippen LogP contribution in [0, 0.1) is 5.82 Å². The van der Waals surface area contributed by atoms with Crippen LogP contribution in [0.1, 0.15) is 16.1 Å². The first-order chi connectivity index (χ1) is 15.4. The number of nitrogens with zero attached hydrogens (tertiary/aromatic N) is 3. The maximum absolute atomic E-state index is 13.4.